The molecule has 0 aliphatic carbocycles. The van der Waals surface area contributed by atoms with Gasteiger partial charge in [-0.05, 0) is 43.7 Å². The summed E-state index contributed by atoms with van der Waals surface area (Å²) >= 11 is 0. The number of benzene rings is 2. The minimum Gasteiger partial charge on any atom is -0.494 e. The molecule has 0 unspecified atom stereocenters. The summed E-state index contributed by atoms with van der Waals surface area (Å²) in [6.07, 6.45) is 0.297. The van der Waals surface area contributed by atoms with Gasteiger partial charge in [-0.1, -0.05) is 30.3 Å². The standard InChI is InChI=1S/C20H21N3O2/c1-3-25-18-11-9-16(10-12-18)14-20(24)21-19-13-15(2)22-23(19)17-7-5-4-6-8-17/h4-13H,3,14H2,1-2H3,(H,21,24). The maximum atomic E-state index is 12.4. The number of para-hydroxylation sites is 1. The van der Waals surface area contributed by atoms with Gasteiger partial charge in [0.15, 0.2) is 0 Å². The highest BCUT2D eigenvalue weighted by atomic mass is 16.5. The van der Waals surface area contributed by atoms with E-state index in [2.05, 4.69) is 10.4 Å². The molecule has 3 aromatic rings. The van der Waals surface area contributed by atoms with Crippen LogP contribution in [0.2, 0.25) is 0 Å². The summed E-state index contributed by atoms with van der Waals surface area (Å²) in [4.78, 5) is 12.4. The maximum Gasteiger partial charge on any atom is 0.229 e. The van der Waals surface area contributed by atoms with E-state index < -0.39 is 0 Å². The van der Waals surface area contributed by atoms with Crippen LogP contribution in [0.5, 0.6) is 5.75 Å². The van der Waals surface area contributed by atoms with Crippen LogP contribution in [0, 0.1) is 6.92 Å². The number of hydrogen-bond donors (Lipinski definition) is 1. The first-order chi connectivity index (χ1) is 12.2. The first kappa shape index (κ1) is 16.8. The summed E-state index contributed by atoms with van der Waals surface area (Å²) in [5.41, 5.74) is 2.69. The highest BCUT2D eigenvalue weighted by molar-refractivity contribution is 5.91. The molecule has 0 fully saturated rings. The molecular formula is C20H21N3O2. The number of rotatable bonds is 6. The minimum atomic E-state index is -0.0822. The predicted molar refractivity (Wildman–Crippen MR) is 98.2 cm³/mol. The molecule has 0 atom stereocenters. The fraction of sp³-hybridized carbons (Fsp3) is 0.200. The van der Waals surface area contributed by atoms with Crippen molar-refractivity contribution >= 4 is 11.7 Å². The van der Waals surface area contributed by atoms with Crippen molar-refractivity contribution in [2.45, 2.75) is 20.3 Å². The minimum absolute atomic E-state index is 0.0822. The van der Waals surface area contributed by atoms with Gasteiger partial charge in [-0.25, -0.2) is 4.68 Å². The molecule has 0 radical (unpaired) electrons. The second-order valence-corrected chi connectivity index (χ2v) is 5.72. The van der Waals surface area contributed by atoms with E-state index >= 15 is 0 Å². The lowest BCUT2D eigenvalue weighted by atomic mass is 10.1. The van der Waals surface area contributed by atoms with Gasteiger partial charge in [0.05, 0.1) is 24.4 Å². The van der Waals surface area contributed by atoms with Crippen LogP contribution in [-0.2, 0) is 11.2 Å². The molecule has 1 aromatic heterocycles. The van der Waals surface area contributed by atoms with Crippen molar-refractivity contribution in [3.63, 3.8) is 0 Å². The van der Waals surface area contributed by atoms with Crippen LogP contribution in [0.15, 0.2) is 60.7 Å². The SMILES string of the molecule is CCOc1ccc(CC(=O)Nc2cc(C)nn2-c2ccccc2)cc1. The molecule has 5 heteroatoms. The van der Waals surface area contributed by atoms with E-state index in [1.807, 2.05) is 74.5 Å². The fourth-order valence-corrected chi connectivity index (χ4v) is 2.60. The van der Waals surface area contributed by atoms with Crippen molar-refractivity contribution in [1.82, 2.24) is 9.78 Å². The van der Waals surface area contributed by atoms with Crippen LogP contribution in [0.1, 0.15) is 18.2 Å². The Morgan fingerprint density at radius 2 is 1.84 bits per heavy atom. The number of amides is 1. The number of carbonyl (C=O) groups excluding carboxylic acids is 1. The van der Waals surface area contributed by atoms with Crippen LogP contribution in [-0.4, -0.2) is 22.3 Å². The average molecular weight is 335 g/mol. The van der Waals surface area contributed by atoms with Gasteiger partial charge >= 0.3 is 0 Å². The number of aryl methyl sites for hydroxylation is 1. The highest BCUT2D eigenvalue weighted by Crippen LogP contribution is 2.18. The van der Waals surface area contributed by atoms with Gasteiger partial charge in [0.1, 0.15) is 11.6 Å². The van der Waals surface area contributed by atoms with Crippen LogP contribution in [0.25, 0.3) is 5.69 Å². The molecule has 0 aliphatic heterocycles. The van der Waals surface area contributed by atoms with E-state index in [9.17, 15) is 4.79 Å². The Morgan fingerprint density at radius 3 is 2.52 bits per heavy atom. The molecule has 25 heavy (non-hydrogen) atoms. The third-order valence-electron chi connectivity index (χ3n) is 3.70. The summed E-state index contributed by atoms with van der Waals surface area (Å²) in [5.74, 6) is 1.39. The Bertz CT molecular complexity index is 839. The largest absolute Gasteiger partial charge is 0.494 e. The van der Waals surface area contributed by atoms with Crippen LogP contribution < -0.4 is 10.1 Å². The molecule has 3 rings (SSSR count). The molecule has 2 aromatic carbocycles. The summed E-state index contributed by atoms with van der Waals surface area (Å²) < 4.78 is 7.16. The Morgan fingerprint density at radius 1 is 1.12 bits per heavy atom. The molecule has 0 saturated carbocycles. The summed E-state index contributed by atoms with van der Waals surface area (Å²) in [6.45, 7) is 4.48. The van der Waals surface area contributed by atoms with Crippen LogP contribution in [0.4, 0.5) is 5.82 Å². The molecule has 5 nitrogen and oxygen atoms in total. The molecule has 128 valence electrons. The molecule has 1 amide bonds. The van der Waals surface area contributed by atoms with Crippen molar-refractivity contribution in [2.24, 2.45) is 0 Å². The summed E-state index contributed by atoms with van der Waals surface area (Å²) in [6, 6.07) is 19.2. The molecule has 0 saturated heterocycles. The molecular weight excluding hydrogens is 314 g/mol. The van der Waals surface area contributed by atoms with Gasteiger partial charge in [-0.2, -0.15) is 5.10 Å². The fourth-order valence-electron chi connectivity index (χ4n) is 2.60. The first-order valence-electron chi connectivity index (χ1n) is 8.29. The lowest BCUT2D eigenvalue weighted by molar-refractivity contribution is -0.115. The lowest BCUT2D eigenvalue weighted by Crippen LogP contribution is -2.17. The van der Waals surface area contributed by atoms with Crippen molar-refractivity contribution in [2.75, 3.05) is 11.9 Å². The average Bonchev–Trinajstić information content (AvgIpc) is 2.98. The van der Waals surface area contributed by atoms with E-state index in [4.69, 9.17) is 4.74 Å². The van der Waals surface area contributed by atoms with Crippen LogP contribution in [0.3, 0.4) is 0 Å². The highest BCUT2D eigenvalue weighted by Gasteiger charge is 2.11. The number of aromatic nitrogens is 2. The number of anilines is 1. The summed E-state index contributed by atoms with van der Waals surface area (Å²) in [5, 5.41) is 7.41. The second kappa shape index (κ2) is 7.66. The van der Waals surface area contributed by atoms with E-state index in [0.29, 0.717) is 18.8 Å². The Labute approximate surface area is 147 Å². The van der Waals surface area contributed by atoms with E-state index in [1.54, 1.807) is 4.68 Å². The monoisotopic (exact) mass is 335 g/mol. The van der Waals surface area contributed by atoms with Gasteiger partial charge < -0.3 is 10.1 Å². The number of hydrogen-bond acceptors (Lipinski definition) is 3. The van der Waals surface area contributed by atoms with E-state index in [1.165, 1.54) is 0 Å². The third-order valence-corrected chi connectivity index (χ3v) is 3.70. The topological polar surface area (TPSA) is 56.1 Å². The molecule has 1 heterocycles. The molecule has 0 bridgehead atoms. The normalized spacial score (nSPS) is 10.5. The Kier molecular flexibility index (Phi) is 5.14. The van der Waals surface area contributed by atoms with E-state index in [-0.39, 0.29) is 5.91 Å². The number of carbonyl (C=O) groups is 1. The second-order valence-electron chi connectivity index (χ2n) is 5.72. The Balaban J connectivity index is 1.71. The number of ether oxygens (including phenoxy) is 1. The molecule has 0 aliphatic rings. The number of nitrogens with zero attached hydrogens (tertiary/aromatic N) is 2. The summed E-state index contributed by atoms with van der Waals surface area (Å²) in [7, 11) is 0. The molecule has 1 N–H and O–H groups in total. The van der Waals surface area contributed by atoms with Gasteiger partial charge in [-0.15, -0.1) is 0 Å². The van der Waals surface area contributed by atoms with E-state index in [0.717, 1.165) is 22.7 Å². The maximum absolute atomic E-state index is 12.4. The number of nitrogens with one attached hydrogen (secondary N) is 1. The van der Waals surface area contributed by atoms with Gasteiger partial charge in [0.2, 0.25) is 5.91 Å². The van der Waals surface area contributed by atoms with Crippen molar-refractivity contribution in [3.8, 4) is 11.4 Å². The zero-order valence-corrected chi connectivity index (χ0v) is 14.4. The smallest absolute Gasteiger partial charge is 0.229 e. The van der Waals surface area contributed by atoms with Crippen molar-refractivity contribution < 1.29 is 9.53 Å². The first-order valence-corrected chi connectivity index (χ1v) is 8.29. The predicted octanol–water partition coefficient (Wildman–Crippen LogP) is 3.76. The van der Waals surface area contributed by atoms with Crippen molar-refractivity contribution in [1.29, 1.82) is 0 Å². The lowest BCUT2D eigenvalue weighted by Gasteiger charge is -2.09. The van der Waals surface area contributed by atoms with Crippen molar-refractivity contribution in [3.05, 3.63) is 71.9 Å². The zero-order chi connectivity index (χ0) is 17.6. The Hall–Kier alpha value is -3.08. The van der Waals surface area contributed by atoms with Crippen LogP contribution >= 0.6 is 0 Å². The van der Waals surface area contributed by atoms with Gasteiger partial charge in [0.25, 0.3) is 0 Å². The molecule has 0 spiro atoms. The van der Waals surface area contributed by atoms with Gasteiger partial charge in [0, 0.05) is 6.07 Å². The quantitative estimate of drug-likeness (QED) is 0.746. The zero-order valence-electron chi connectivity index (χ0n) is 14.4. The van der Waals surface area contributed by atoms with Gasteiger partial charge in [-0.3, -0.25) is 4.79 Å². The third kappa shape index (κ3) is 4.26.